The number of nitrogens with zero attached hydrogens (tertiary/aromatic N) is 1. The van der Waals surface area contributed by atoms with Crippen LogP contribution >= 0.6 is 0 Å². The van der Waals surface area contributed by atoms with Crippen molar-refractivity contribution >= 4 is 5.96 Å². The first-order valence-electron chi connectivity index (χ1n) is 6.79. The standard InChI is InChI=1S/C15H25N3O/c1-5-12(2)18-15(16-3)17-10-9-13-7-6-8-14(11-13)19-4/h6-8,11-12H,5,9-10H2,1-4H3,(H2,16,17,18). The normalized spacial score (nSPS) is 12.9. The minimum absolute atomic E-state index is 0.433. The SMILES string of the molecule is CCC(C)NC(=NC)NCCc1cccc(OC)c1. The van der Waals surface area contributed by atoms with Gasteiger partial charge in [0.25, 0.3) is 0 Å². The molecule has 0 aromatic heterocycles. The van der Waals surface area contributed by atoms with Crippen molar-refractivity contribution in [3.8, 4) is 5.75 Å². The molecule has 0 saturated carbocycles. The predicted octanol–water partition coefficient (Wildman–Crippen LogP) is 2.20. The van der Waals surface area contributed by atoms with E-state index < -0.39 is 0 Å². The van der Waals surface area contributed by atoms with Crippen molar-refractivity contribution in [1.82, 2.24) is 10.6 Å². The van der Waals surface area contributed by atoms with Gasteiger partial charge in [-0.15, -0.1) is 0 Å². The zero-order valence-corrected chi connectivity index (χ0v) is 12.4. The molecule has 0 aliphatic heterocycles. The third-order valence-corrected chi connectivity index (χ3v) is 3.06. The zero-order chi connectivity index (χ0) is 14.1. The van der Waals surface area contributed by atoms with E-state index in [4.69, 9.17) is 4.74 Å². The number of ether oxygens (including phenoxy) is 1. The van der Waals surface area contributed by atoms with Gasteiger partial charge in [0, 0.05) is 19.6 Å². The van der Waals surface area contributed by atoms with Gasteiger partial charge in [-0.05, 0) is 37.5 Å². The summed E-state index contributed by atoms with van der Waals surface area (Å²) in [6.45, 7) is 5.15. The topological polar surface area (TPSA) is 45.7 Å². The van der Waals surface area contributed by atoms with Crippen LogP contribution in [0, 0.1) is 0 Å². The monoisotopic (exact) mass is 263 g/mol. The lowest BCUT2D eigenvalue weighted by atomic mass is 10.1. The lowest BCUT2D eigenvalue weighted by Gasteiger charge is -2.16. The van der Waals surface area contributed by atoms with Gasteiger partial charge in [-0.3, -0.25) is 4.99 Å². The lowest BCUT2D eigenvalue weighted by Crippen LogP contribution is -2.42. The van der Waals surface area contributed by atoms with Gasteiger partial charge in [0.1, 0.15) is 5.75 Å². The molecule has 106 valence electrons. The van der Waals surface area contributed by atoms with Crippen LogP contribution in [0.4, 0.5) is 0 Å². The second-order valence-corrected chi connectivity index (χ2v) is 4.55. The fourth-order valence-corrected chi connectivity index (χ4v) is 1.68. The quantitative estimate of drug-likeness (QED) is 0.611. The molecule has 0 bridgehead atoms. The largest absolute Gasteiger partial charge is 0.497 e. The van der Waals surface area contributed by atoms with Gasteiger partial charge in [0.05, 0.1) is 7.11 Å². The predicted molar refractivity (Wildman–Crippen MR) is 80.9 cm³/mol. The molecule has 0 aliphatic rings. The van der Waals surface area contributed by atoms with Gasteiger partial charge < -0.3 is 15.4 Å². The molecule has 0 heterocycles. The molecule has 19 heavy (non-hydrogen) atoms. The van der Waals surface area contributed by atoms with Crippen molar-refractivity contribution in [2.75, 3.05) is 20.7 Å². The fourth-order valence-electron chi connectivity index (χ4n) is 1.68. The van der Waals surface area contributed by atoms with E-state index in [2.05, 4.69) is 41.6 Å². The van der Waals surface area contributed by atoms with Gasteiger partial charge in [-0.1, -0.05) is 19.1 Å². The molecule has 1 unspecified atom stereocenters. The van der Waals surface area contributed by atoms with Gasteiger partial charge >= 0.3 is 0 Å². The summed E-state index contributed by atoms with van der Waals surface area (Å²) in [7, 11) is 3.48. The Morgan fingerprint density at radius 3 is 2.84 bits per heavy atom. The van der Waals surface area contributed by atoms with Crippen molar-refractivity contribution in [2.45, 2.75) is 32.7 Å². The maximum Gasteiger partial charge on any atom is 0.191 e. The molecule has 1 atom stereocenters. The fraction of sp³-hybridized carbons (Fsp3) is 0.533. The minimum Gasteiger partial charge on any atom is -0.497 e. The minimum atomic E-state index is 0.433. The number of guanidine groups is 1. The van der Waals surface area contributed by atoms with Crippen molar-refractivity contribution in [2.24, 2.45) is 4.99 Å². The number of hydrogen-bond donors (Lipinski definition) is 2. The molecule has 0 amide bonds. The Kier molecular flexibility index (Phi) is 6.79. The van der Waals surface area contributed by atoms with Crippen LogP contribution in [0.2, 0.25) is 0 Å². The van der Waals surface area contributed by atoms with Crippen LogP contribution in [0.15, 0.2) is 29.3 Å². The highest BCUT2D eigenvalue weighted by molar-refractivity contribution is 5.79. The van der Waals surface area contributed by atoms with Gasteiger partial charge in [0.15, 0.2) is 5.96 Å². The van der Waals surface area contributed by atoms with E-state index in [-0.39, 0.29) is 0 Å². The summed E-state index contributed by atoms with van der Waals surface area (Å²) in [5, 5.41) is 6.66. The highest BCUT2D eigenvalue weighted by atomic mass is 16.5. The van der Waals surface area contributed by atoms with Gasteiger partial charge in [-0.2, -0.15) is 0 Å². The first-order valence-corrected chi connectivity index (χ1v) is 6.79. The molecular formula is C15H25N3O. The third-order valence-electron chi connectivity index (χ3n) is 3.06. The van der Waals surface area contributed by atoms with Crippen molar-refractivity contribution in [3.05, 3.63) is 29.8 Å². The lowest BCUT2D eigenvalue weighted by molar-refractivity contribution is 0.414. The van der Waals surface area contributed by atoms with E-state index in [0.717, 1.165) is 31.1 Å². The summed E-state index contributed by atoms with van der Waals surface area (Å²) >= 11 is 0. The van der Waals surface area contributed by atoms with Gasteiger partial charge in [-0.25, -0.2) is 0 Å². The molecule has 0 saturated heterocycles. The molecule has 4 heteroatoms. The number of hydrogen-bond acceptors (Lipinski definition) is 2. The Hall–Kier alpha value is -1.71. The van der Waals surface area contributed by atoms with Crippen LogP contribution in [-0.2, 0) is 6.42 Å². The molecule has 4 nitrogen and oxygen atoms in total. The molecular weight excluding hydrogens is 238 g/mol. The average Bonchev–Trinajstić information content (AvgIpc) is 2.46. The van der Waals surface area contributed by atoms with Crippen molar-refractivity contribution < 1.29 is 4.74 Å². The first-order chi connectivity index (χ1) is 9.19. The molecule has 0 fully saturated rings. The van der Waals surface area contributed by atoms with E-state index in [1.54, 1.807) is 14.2 Å². The second kappa shape index (κ2) is 8.40. The van der Waals surface area contributed by atoms with Gasteiger partial charge in [0.2, 0.25) is 0 Å². The molecule has 0 aliphatic carbocycles. The molecule has 2 N–H and O–H groups in total. The van der Waals surface area contributed by atoms with E-state index in [0.29, 0.717) is 6.04 Å². The van der Waals surface area contributed by atoms with Crippen LogP contribution in [0.1, 0.15) is 25.8 Å². The highest BCUT2D eigenvalue weighted by Crippen LogP contribution is 2.12. The summed E-state index contributed by atoms with van der Waals surface area (Å²) in [6, 6.07) is 8.57. The summed E-state index contributed by atoms with van der Waals surface area (Å²) in [6.07, 6.45) is 2.02. The average molecular weight is 263 g/mol. The highest BCUT2D eigenvalue weighted by Gasteiger charge is 2.02. The number of rotatable bonds is 6. The summed E-state index contributed by atoms with van der Waals surface area (Å²) in [4.78, 5) is 4.21. The van der Waals surface area contributed by atoms with Crippen LogP contribution in [0.3, 0.4) is 0 Å². The molecule has 1 aromatic carbocycles. The first kappa shape index (κ1) is 15.3. The molecule has 1 rings (SSSR count). The van der Waals surface area contributed by atoms with Crippen LogP contribution in [0.25, 0.3) is 0 Å². The van der Waals surface area contributed by atoms with E-state index in [9.17, 15) is 0 Å². The van der Waals surface area contributed by atoms with E-state index in [1.807, 2.05) is 12.1 Å². The maximum atomic E-state index is 5.21. The summed E-state index contributed by atoms with van der Waals surface area (Å²) in [5.41, 5.74) is 1.26. The van der Waals surface area contributed by atoms with Crippen molar-refractivity contribution in [3.63, 3.8) is 0 Å². The Morgan fingerprint density at radius 1 is 1.42 bits per heavy atom. The van der Waals surface area contributed by atoms with Crippen LogP contribution in [-0.4, -0.2) is 32.7 Å². The summed E-state index contributed by atoms with van der Waals surface area (Å²) < 4.78 is 5.21. The zero-order valence-electron chi connectivity index (χ0n) is 12.4. The molecule has 0 radical (unpaired) electrons. The Labute approximate surface area is 116 Å². The third kappa shape index (κ3) is 5.64. The molecule has 1 aromatic rings. The number of benzene rings is 1. The number of methoxy groups -OCH3 is 1. The Bertz CT molecular complexity index is 404. The Morgan fingerprint density at radius 2 is 2.21 bits per heavy atom. The van der Waals surface area contributed by atoms with Crippen LogP contribution in [0.5, 0.6) is 5.75 Å². The van der Waals surface area contributed by atoms with Crippen LogP contribution < -0.4 is 15.4 Å². The smallest absolute Gasteiger partial charge is 0.191 e. The van der Waals surface area contributed by atoms with E-state index >= 15 is 0 Å². The summed E-state index contributed by atoms with van der Waals surface area (Å²) in [5.74, 6) is 1.76. The van der Waals surface area contributed by atoms with Crippen molar-refractivity contribution in [1.29, 1.82) is 0 Å². The van der Waals surface area contributed by atoms with E-state index in [1.165, 1.54) is 5.56 Å². The number of nitrogens with one attached hydrogen (secondary N) is 2. The second-order valence-electron chi connectivity index (χ2n) is 4.55. The Balaban J connectivity index is 2.39. The number of aliphatic imine (C=N–C) groups is 1. The maximum absolute atomic E-state index is 5.21. The molecule has 0 spiro atoms.